The Morgan fingerprint density at radius 2 is 2.05 bits per heavy atom. The molecule has 0 saturated carbocycles. The van der Waals surface area contributed by atoms with E-state index < -0.39 is 0 Å². The van der Waals surface area contributed by atoms with Gasteiger partial charge in [0.05, 0.1) is 18.8 Å². The first kappa shape index (κ1) is 15.0. The fraction of sp³-hybridized carbons (Fsp3) is 0.812. The standard InChI is InChI=1S/C16H26N2O3/c1-12-13(2)21-15(17-12)9-18-11-16(4-3-14(18)10-19)5-7-20-8-6-16/h14,19H,3-11H2,1-2H3. The first-order chi connectivity index (χ1) is 10.1. The number of piperidine rings is 1. The van der Waals surface area contributed by atoms with Crippen LogP contribution in [0.15, 0.2) is 4.42 Å². The molecule has 0 radical (unpaired) electrons. The zero-order valence-corrected chi connectivity index (χ0v) is 13.1. The number of aryl methyl sites for hydroxylation is 2. The van der Waals surface area contributed by atoms with E-state index in [1.807, 2.05) is 13.8 Å². The van der Waals surface area contributed by atoms with Crippen LogP contribution in [0.25, 0.3) is 0 Å². The lowest BCUT2D eigenvalue weighted by Gasteiger charge is -2.48. The highest BCUT2D eigenvalue weighted by Gasteiger charge is 2.40. The molecular formula is C16H26N2O3. The largest absolute Gasteiger partial charge is 0.444 e. The molecule has 118 valence electrons. The fourth-order valence-electron chi connectivity index (χ4n) is 3.68. The molecule has 1 atom stereocenters. The number of aromatic nitrogens is 1. The monoisotopic (exact) mass is 294 g/mol. The van der Waals surface area contributed by atoms with Gasteiger partial charge in [0.2, 0.25) is 5.89 Å². The van der Waals surface area contributed by atoms with Gasteiger partial charge in [-0.2, -0.15) is 0 Å². The summed E-state index contributed by atoms with van der Waals surface area (Å²) in [5, 5.41) is 9.67. The highest BCUT2D eigenvalue weighted by atomic mass is 16.5. The van der Waals surface area contributed by atoms with Crippen molar-refractivity contribution in [2.75, 3.05) is 26.4 Å². The molecule has 2 aliphatic heterocycles. The summed E-state index contributed by atoms with van der Waals surface area (Å²) < 4.78 is 11.3. The van der Waals surface area contributed by atoms with Crippen molar-refractivity contribution in [2.24, 2.45) is 5.41 Å². The molecule has 0 aliphatic carbocycles. The number of nitrogens with zero attached hydrogens (tertiary/aromatic N) is 2. The Hall–Kier alpha value is -0.910. The Morgan fingerprint density at radius 3 is 2.67 bits per heavy atom. The average molecular weight is 294 g/mol. The average Bonchev–Trinajstić information content (AvgIpc) is 2.78. The van der Waals surface area contributed by atoms with E-state index in [0.29, 0.717) is 12.0 Å². The van der Waals surface area contributed by atoms with Crippen molar-refractivity contribution >= 4 is 0 Å². The van der Waals surface area contributed by atoms with Crippen LogP contribution in [0.5, 0.6) is 0 Å². The van der Waals surface area contributed by atoms with Crippen molar-refractivity contribution in [3.8, 4) is 0 Å². The maximum Gasteiger partial charge on any atom is 0.208 e. The molecule has 5 nitrogen and oxygen atoms in total. The molecule has 1 unspecified atom stereocenters. The first-order valence-corrected chi connectivity index (χ1v) is 7.97. The summed E-state index contributed by atoms with van der Waals surface area (Å²) in [5.41, 5.74) is 1.32. The first-order valence-electron chi connectivity index (χ1n) is 7.97. The molecule has 0 aromatic carbocycles. The Labute approximate surface area is 126 Å². The number of oxazole rings is 1. The minimum Gasteiger partial charge on any atom is -0.444 e. The predicted octanol–water partition coefficient (Wildman–Crippen LogP) is 2.04. The van der Waals surface area contributed by atoms with Gasteiger partial charge in [-0.1, -0.05) is 0 Å². The zero-order valence-electron chi connectivity index (χ0n) is 13.1. The molecule has 1 aromatic heterocycles. The molecule has 2 fully saturated rings. The van der Waals surface area contributed by atoms with Crippen LogP contribution in [-0.4, -0.2) is 47.4 Å². The molecule has 5 heteroatoms. The van der Waals surface area contributed by atoms with E-state index >= 15 is 0 Å². The Kier molecular flexibility index (Phi) is 4.33. The highest BCUT2D eigenvalue weighted by Crippen LogP contribution is 2.41. The van der Waals surface area contributed by atoms with Crippen LogP contribution in [0.1, 0.15) is 43.0 Å². The topological polar surface area (TPSA) is 58.7 Å². The van der Waals surface area contributed by atoms with Gasteiger partial charge < -0.3 is 14.3 Å². The van der Waals surface area contributed by atoms with Crippen molar-refractivity contribution in [1.29, 1.82) is 0 Å². The summed E-state index contributed by atoms with van der Waals surface area (Å²) in [6.07, 6.45) is 4.51. The molecular weight excluding hydrogens is 268 g/mol. The lowest BCUT2D eigenvalue weighted by Crippen LogP contribution is -2.51. The molecule has 3 heterocycles. The molecule has 1 spiro atoms. The Morgan fingerprint density at radius 1 is 1.29 bits per heavy atom. The van der Waals surface area contributed by atoms with Gasteiger partial charge in [-0.05, 0) is 44.9 Å². The van der Waals surface area contributed by atoms with Gasteiger partial charge in [-0.25, -0.2) is 4.98 Å². The van der Waals surface area contributed by atoms with E-state index in [1.165, 1.54) is 6.42 Å². The van der Waals surface area contributed by atoms with Crippen molar-refractivity contribution in [2.45, 2.75) is 52.1 Å². The molecule has 21 heavy (non-hydrogen) atoms. The second-order valence-corrected chi connectivity index (χ2v) is 6.64. The third-order valence-corrected chi connectivity index (χ3v) is 5.24. The molecule has 1 aromatic rings. The van der Waals surface area contributed by atoms with Crippen molar-refractivity contribution < 1.29 is 14.3 Å². The number of aliphatic hydroxyl groups is 1. The quantitative estimate of drug-likeness (QED) is 0.924. The van der Waals surface area contributed by atoms with Gasteiger partial charge in [-0.15, -0.1) is 0 Å². The number of likely N-dealkylation sites (tertiary alicyclic amines) is 1. The number of hydrogen-bond donors (Lipinski definition) is 1. The lowest BCUT2D eigenvalue weighted by molar-refractivity contribution is -0.0570. The van der Waals surface area contributed by atoms with Crippen LogP contribution >= 0.6 is 0 Å². The third-order valence-electron chi connectivity index (χ3n) is 5.24. The lowest BCUT2D eigenvalue weighted by atomic mass is 9.72. The van der Waals surface area contributed by atoms with E-state index in [-0.39, 0.29) is 12.6 Å². The number of hydrogen-bond acceptors (Lipinski definition) is 5. The predicted molar refractivity (Wildman–Crippen MR) is 79.0 cm³/mol. The minimum absolute atomic E-state index is 0.214. The summed E-state index contributed by atoms with van der Waals surface area (Å²) in [4.78, 5) is 6.85. The van der Waals surface area contributed by atoms with E-state index in [0.717, 1.165) is 56.4 Å². The van der Waals surface area contributed by atoms with Crippen LogP contribution in [0, 0.1) is 19.3 Å². The summed E-state index contributed by atoms with van der Waals surface area (Å²) in [5.74, 6) is 1.66. The molecule has 0 amide bonds. The maximum absolute atomic E-state index is 9.67. The summed E-state index contributed by atoms with van der Waals surface area (Å²) in [6.45, 7) is 7.59. The molecule has 2 saturated heterocycles. The van der Waals surface area contributed by atoms with Crippen molar-refractivity contribution in [3.05, 3.63) is 17.3 Å². The minimum atomic E-state index is 0.214. The summed E-state index contributed by atoms with van der Waals surface area (Å²) >= 11 is 0. The molecule has 2 aliphatic rings. The smallest absolute Gasteiger partial charge is 0.208 e. The normalized spacial score (nSPS) is 26.3. The van der Waals surface area contributed by atoms with Crippen LogP contribution < -0.4 is 0 Å². The number of rotatable bonds is 3. The molecule has 0 bridgehead atoms. The van der Waals surface area contributed by atoms with Crippen LogP contribution in [0.4, 0.5) is 0 Å². The van der Waals surface area contributed by atoms with Crippen LogP contribution in [-0.2, 0) is 11.3 Å². The maximum atomic E-state index is 9.67. The zero-order chi connectivity index (χ0) is 14.9. The SMILES string of the molecule is Cc1nc(CN2CC3(CCOCC3)CCC2CO)oc1C. The second-order valence-electron chi connectivity index (χ2n) is 6.64. The molecule has 1 N–H and O–H groups in total. The van der Waals surface area contributed by atoms with Crippen molar-refractivity contribution in [3.63, 3.8) is 0 Å². The third kappa shape index (κ3) is 3.15. The molecule has 3 rings (SSSR count). The van der Waals surface area contributed by atoms with E-state index in [1.54, 1.807) is 0 Å². The van der Waals surface area contributed by atoms with Gasteiger partial charge >= 0.3 is 0 Å². The fourth-order valence-corrected chi connectivity index (χ4v) is 3.68. The van der Waals surface area contributed by atoms with Crippen LogP contribution in [0.3, 0.4) is 0 Å². The Balaban J connectivity index is 1.73. The van der Waals surface area contributed by atoms with Gasteiger partial charge in [0.15, 0.2) is 0 Å². The van der Waals surface area contributed by atoms with Gasteiger partial charge in [0.25, 0.3) is 0 Å². The van der Waals surface area contributed by atoms with Gasteiger partial charge in [0, 0.05) is 25.8 Å². The van der Waals surface area contributed by atoms with Gasteiger partial charge in [-0.3, -0.25) is 4.90 Å². The van der Waals surface area contributed by atoms with E-state index in [9.17, 15) is 5.11 Å². The van der Waals surface area contributed by atoms with E-state index in [2.05, 4.69) is 9.88 Å². The Bertz CT molecular complexity index is 460. The summed E-state index contributed by atoms with van der Waals surface area (Å²) in [7, 11) is 0. The van der Waals surface area contributed by atoms with Gasteiger partial charge in [0.1, 0.15) is 5.76 Å². The van der Waals surface area contributed by atoms with Crippen molar-refractivity contribution in [1.82, 2.24) is 9.88 Å². The highest BCUT2D eigenvalue weighted by molar-refractivity contribution is 5.06. The second kappa shape index (κ2) is 6.07. The van der Waals surface area contributed by atoms with E-state index in [4.69, 9.17) is 9.15 Å². The number of aliphatic hydroxyl groups excluding tert-OH is 1. The summed E-state index contributed by atoms with van der Waals surface area (Å²) in [6, 6.07) is 0.228. The van der Waals surface area contributed by atoms with Crippen LogP contribution in [0.2, 0.25) is 0 Å². The number of ether oxygens (including phenoxy) is 1.